The summed E-state index contributed by atoms with van der Waals surface area (Å²) in [4.78, 5) is 15.8. The molecule has 0 atom stereocenters. The number of aryl methyl sites for hydroxylation is 1. The minimum atomic E-state index is -4.62. The van der Waals surface area contributed by atoms with Crippen LogP contribution in [0.5, 0.6) is 0 Å². The molecule has 0 unspecified atom stereocenters. The molecular formula is C22H15F4N5S. The molecule has 10 heteroatoms. The number of alkyl halides is 3. The van der Waals surface area contributed by atoms with Crippen molar-refractivity contribution in [3.63, 3.8) is 0 Å². The first kappa shape index (κ1) is 20.5. The zero-order valence-electron chi connectivity index (χ0n) is 16.4. The van der Waals surface area contributed by atoms with Gasteiger partial charge in [-0.3, -0.25) is 0 Å². The number of pyridine rings is 1. The van der Waals surface area contributed by atoms with Gasteiger partial charge in [0.15, 0.2) is 10.8 Å². The summed E-state index contributed by atoms with van der Waals surface area (Å²) in [7, 11) is 0. The summed E-state index contributed by atoms with van der Waals surface area (Å²) in [6.45, 7) is 0.0346. The van der Waals surface area contributed by atoms with Crippen LogP contribution in [0.25, 0.3) is 33.5 Å². The number of rotatable bonds is 5. The summed E-state index contributed by atoms with van der Waals surface area (Å²) in [5, 5.41) is 0.629. The monoisotopic (exact) mass is 457 g/mol. The smallest absolute Gasteiger partial charge is 0.333 e. The Bertz CT molecular complexity index is 1370. The molecular weight excluding hydrogens is 442 g/mol. The maximum Gasteiger partial charge on any atom is 0.449 e. The lowest BCUT2D eigenvalue weighted by atomic mass is 10.1. The third kappa shape index (κ3) is 3.93. The number of hydrogen-bond donors (Lipinski definition) is 1. The number of hydrogen-bond acceptors (Lipinski definition) is 4. The molecule has 0 fully saturated rings. The molecule has 162 valence electrons. The van der Waals surface area contributed by atoms with E-state index in [1.54, 1.807) is 6.07 Å². The molecule has 5 aromatic rings. The second kappa shape index (κ2) is 7.94. The average Bonchev–Trinajstić information content (AvgIpc) is 3.35. The van der Waals surface area contributed by atoms with Crippen LogP contribution in [0.1, 0.15) is 5.82 Å². The first-order valence-corrected chi connectivity index (χ1v) is 10.6. The summed E-state index contributed by atoms with van der Waals surface area (Å²) >= 11 is 1.32. The van der Waals surface area contributed by atoms with Crippen LogP contribution in [0.3, 0.4) is 0 Å². The van der Waals surface area contributed by atoms with E-state index in [0.29, 0.717) is 22.2 Å². The topological polar surface area (TPSA) is 59.4 Å². The molecule has 1 N–H and O–H groups in total. The minimum Gasteiger partial charge on any atom is -0.333 e. The summed E-state index contributed by atoms with van der Waals surface area (Å²) < 4.78 is 55.3. The second-order valence-corrected chi connectivity index (χ2v) is 8.12. The summed E-state index contributed by atoms with van der Waals surface area (Å²) in [6.07, 6.45) is -4.62. The Morgan fingerprint density at radius 3 is 2.41 bits per heavy atom. The molecule has 3 heterocycles. The maximum absolute atomic E-state index is 13.7. The summed E-state index contributed by atoms with van der Waals surface area (Å²) in [5.41, 5.74) is 2.99. The van der Waals surface area contributed by atoms with Gasteiger partial charge in [0.2, 0.25) is 5.82 Å². The van der Waals surface area contributed by atoms with E-state index in [-0.39, 0.29) is 17.7 Å². The van der Waals surface area contributed by atoms with E-state index in [2.05, 4.69) is 19.9 Å². The Morgan fingerprint density at radius 1 is 0.875 bits per heavy atom. The van der Waals surface area contributed by atoms with Crippen LogP contribution in [0.15, 0.2) is 65.8 Å². The number of para-hydroxylation sites is 2. The molecule has 0 saturated carbocycles. The van der Waals surface area contributed by atoms with Gasteiger partial charge in [-0.05, 0) is 48.5 Å². The van der Waals surface area contributed by atoms with Gasteiger partial charge in [-0.15, -0.1) is 0 Å². The molecule has 5 rings (SSSR count). The van der Waals surface area contributed by atoms with Crippen molar-refractivity contribution in [2.45, 2.75) is 17.9 Å². The molecule has 32 heavy (non-hydrogen) atoms. The SMILES string of the molecule is Fc1ccc(-c2ccc3nc(C(F)(F)F)n(CCSc4nc5ccccc5[nH]4)c3n2)cc1. The number of nitrogens with zero attached hydrogens (tertiary/aromatic N) is 4. The fraction of sp³-hybridized carbons (Fsp3) is 0.136. The van der Waals surface area contributed by atoms with Gasteiger partial charge in [0.25, 0.3) is 0 Å². The summed E-state index contributed by atoms with van der Waals surface area (Å²) in [6, 6.07) is 16.2. The van der Waals surface area contributed by atoms with E-state index < -0.39 is 17.8 Å². The molecule has 2 aromatic carbocycles. The second-order valence-electron chi connectivity index (χ2n) is 7.04. The first-order chi connectivity index (χ1) is 15.4. The van der Waals surface area contributed by atoms with E-state index >= 15 is 0 Å². The van der Waals surface area contributed by atoms with Crippen LogP contribution < -0.4 is 0 Å². The zero-order chi connectivity index (χ0) is 22.3. The molecule has 5 nitrogen and oxygen atoms in total. The van der Waals surface area contributed by atoms with Crippen molar-refractivity contribution in [3.8, 4) is 11.3 Å². The number of fused-ring (bicyclic) bond motifs is 2. The lowest BCUT2D eigenvalue weighted by Crippen LogP contribution is -2.16. The van der Waals surface area contributed by atoms with E-state index in [9.17, 15) is 17.6 Å². The van der Waals surface area contributed by atoms with Crippen molar-refractivity contribution < 1.29 is 17.6 Å². The van der Waals surface area contributed by atoms with E-state index in [0.717, 1.165) is 15.6 Å². The molecule has 0 aliphatic heterocycles. The van der Waals surface area contributed by atoms with E-state index in [1.807, 2.05) is 24.3 Å². The molecule has 0 radical (unpaired) electrons. The Labute approximate surface area is 183 Å². The summed E-state index contributed by atoms with van der Waals surface area (Å²) in [5.74, 6) is -1.07. The molecule has 0 bridgehead atoms. The highest BCUT2D eigenvalue weighted by Gasteiger charge is 2.38. The number of halogens is 4. The van der Waals surface area contributed by atoms with Crippen LogP contribution in [0, 0.1) is 5.82 Å². The highest BCUT2D eigenvalue weighted by atomic mass is 32.2. The van der Waals surface area contributed by atoms with Crippen molar-refractivity contribution in [3.05, 3.63) is 72.3 Å². The Balaban J connectivity index is 1.47. The van der Waals surface area contributed by atoms with Crippen molar-refractivity contribution in [1.82, 2.24) is 24.5 Å². The van der Waals surface area contributed by atoms with Crippen molar-refractivity contribution in [2.24, 2.45) is 0 Å². The Morgan fingerprint density at radius 2 is 1.66 bits per heavy atom. The van der Waals surface area contributed by atoms with Gasteiger partial charge >= 0.3 is 6.18 Å². The number of H-pyrrole nitrogens is 1. The highest BCUT2D eigenvalue weighted by Crippen LogP contribution is 2.32. The van der Waals surface area contributed by atoms with Crippen LogP contribution in [0.4, 0.5) is 17.6 Å². The quantitative estimate of drug-likeness (QED) is 0.263. The predicted octanol–water partition coefficient (Wildman–Crippen LogP) is 5.92. The largest absolute Gasteiger partial charge is 0.449 e. The fourth-order valence-corrected chi connectivity index (χ4v) is 4.25. The van der Waals surface area contributed by atoms with Gasteiger partial charge in [-0.25, -0.2) is 19.3 Å². The Hall–Kier alpha value is -3.40. The fourth-order valence-electron chi connectivity index (χ4n) is 3.44. The standard InChI is InChI=1S/C22H15F4N5S/c23-14-7-5-13(6-8-14)15-9-10-18-19(27-15)31(20(28-18)22(24,25)26)11-12-32-21-29-16-3-1-2-4-17(16)30-21/h1-10H,11-12H2,(H,29,30). The van der Waals surface area contributed by atoms with Gasteiger partial charge in [0.05, 0.1) is 16.7 Å². The van der Waals surface area contributed by atoms with Crippen molar-refractivity contribution in [2.75, 3.05) is 5.75 Å². The Kier molecular flexibility index (Phi) is 5.09. The van der Waals surface area contributed by atoms with Gasteiger partial charge in [0, 0.05) is 17.9 Å². The average molecular weight is 457 g/mol. The molecule has 0 saturated heterocycles. The number of aromatic amines is 1. The van der Waals surface area contributed by atoms with Crippen molar-refractivity contribution >= 4 is 34.0 Å². The van der Waals surface area contributed by atoms with Crippen LogP contribution in [-0.2, 0) is 12.7 Å². The predicted molar refractivity (Wildman–Crippen MR) is 115 cm³/mol. The normalized spacial score (nSPS) is 12.1. The van der Waals surface area contributed by atoms with Gasteiger partial charge < -0.3 is 9.55 Å². The van der Waals surface area contributed by atoms with Gasteiger partial charge in [-0.2, -0.15) is 13.2 Å². The third-order valence-corrected chi connectivity index (χ3v) is 5.76. The van der Waals surface area contributed by atoms with Crippen LogP contribution >= 0.6 is 11.8 Å². The number of imidazole rings is 2. The molecule has 0 aliphatic rings. The van der Waals surface area contributed by atoms with Gasteiger partial charge in [0.1, 0.15) is 11.3 Å². The highest BCUT2D eigenvalue weighted by molar-refractivity contribution is 7.99. The van der Waals surface area contributed by atoms with Crippen LogP contribution in [-0.4, -0.2) is 30.3 Å². The molecule has 0 spiro atoms. The third-order valence-electron chi connectivity index (χ3n) is 4.91. The number of thioether (sulfide) groups is 1. The zero-order valence-corrected chi connectivity index (χ0v) is 17.2. The lowest BCUT2D eigenvalue weighted by Gasteiger charge is -2.10. The van der Waals surface area contributed by atoms with Gasteiger partial charge in [-0.1, -0.05) is 23.9 Å². The van der Waals surface area contributed by atoms with Crippen LogP contribution in [0.2, 0.25) is 0 Å². The molecule has 3 aromatic heterocycles. The maximum atomic E-state index is 13.7. The lowest BCUT2D eigenvalue weighted by molar-refractivity contribution is -0.146. The van der Waals surface area contributed by atoms with E-state index in [4.69, 9.17) is 0 Å². The first-order valence-electron chi connectivity index (χ1n) is 9.66. The number of benzene rings is 2. The van der Waals surface area contributed by atoms with Crippen molar-refractivity contribution in [1.29, 1.82) is 0 Å². The molecule has 0 aliphatic carbocycles. The number of nitrogens with one attached hydrogen (secondary N) is 1. The molecule has 0 amide bonds. The minimum absolute atomic E-state index is 0.0346. The van der Waals surface area contributed by atoms with E-state index in [1.165, 1.54) is 42.1 Å². The number of aromatic nitrogens is 5.